The van der Waals surface area contributed by atoms with E-state index in [4.69, 9.17) is 27.9 Å². The van der Waals surface area contributed by atoms with E-state index in [1.54, 1.807) is 30.3 Å². The summed E-state index contributed by atoms with van der Waals surface area (Å²) in [5, 5.41) is 12.0. The van der Waals surface area contributed by atoms with E-state index < -0.39 is 5.97 Å². The lowest BCUT2D eigenvalue weighted by Gasteiger charge is -2.13. The Kier molecular flexibility index (Phi) is 4.91. The van der Waals surface area contributed by atoms with Crippen molar-refractivity contribution in [2.24, 2.45) is 0 Å². The molecule has 0 saturated carbocycles. The van der Waals surface area contributed by atoms with Crippen LogP contribution in [0.2, 0.25) is 10.0 Å². The van der Waals surface area contributed by atoms with Crippen LogP contribution in [0.1, 0.15) is 15.9 Å². The second-order valence-electron chi connectivity index (χ2n) is 3.95. The monoisotopic (exact) mass is 373 g/mol. The Hall–Kier alpha value is -1.23. The number of carboxylic acid groups (broad SMARTS) is 1. The van der Waals surface area contributed by atoms with Crippen molar-refractivity contribution in [1.82, 2.24) is 0 Å². The third kappa shape index (κ3) is 3.66. The first-order chi connectivity index (χ1) is 9.47. The number of carbonyl (C=O) groups is 1. The van der Waals surface area contributed by atoms with Crippen LogP contribution < -0.4 is 9.84 Å². The third-order valence-electron chi connectivity index (χ3n) is 2.56. The normalized spacial score (nSPS) is 10.3. The minimum absolute atomic E-state index is 0.0236. The summed E-state index contributed by atoms with van der Waals surface area (Å²) in [6, 6.07) is 9.68. The number of halogens is 3. The molecule has 0 amide bonds. The summed E-state index contributed by atoms with van der Waals surface area (Å²) in [6.45, 7) is 0.137. The average molecular weight is 375 g/mol. The van der Waals surface area contributed by atoms with Gasteiger partial charge in [-0.1, -0.05) is 45.2 Å². The molecular weight excluding hydrogens is 367 g/mol. The Bertz CT molecular complexity index is 659. The highest BCUT2D eigenvalue weighted by molar-refractivity contribution is 9.10. The number of ether oxygens (including phenoxy) is 1. The van der Waals surface area contributed by atoms with E-state index in [2.05, 4.69) is 15.9 Å². The molecule has 0 N–H and O–H groups in total. The van der Waals surface area contributed by atoms with Gasteiger partial charge < -0.3 is 14.6 Å². The van der Waals surface area contributed by atoms with Crippen LogP contribution in [0.15, 0.2) is 40.9 Å². The van der Waals surface area contributed by atoms with Gasteiger partial charge in [0, 0.05) is 25.6 Å². The maximum atomic E-state index is 11.0. The molecule has 0 spiro atoms. The number of carbonyl (C=O) groups excluding carboxylic acids is 1. The molecule has 0 saturated heterocycles. The van der Waals surface area contributed by atoms with E-state index in [-0.39, 0.29) is 17.9 Å². The molecule has 0 fully saturated rings. The molecule has 0 aromatic heterocycles. The first-order valence-corrected chi connectivity index (χ1v) is 7.10. The van der Waals surface area contributed by atoms with Gasteiger partial charge in [0.25, 0.3) is 0 Å². The molecule has 2 aromatic rings. The summed E-state index contributed by atoms with van der Waals surface area (Å²) in [4.78, 5) is 11.0. The predicted molar refractivity (Wildman–Crippen MR) is 79.3 cm³/mol. The van der Waals surface area contributed by atoms with Crippen LogP contribution in [0.4, 0.5) is 0 Å². The minimum Gasteiger partial charge on any atom is -0.545 e. The predicted octanol–water partition coefficient (Wildman–Crippen LogP) is 3.70. The Morgan fingerprint density at radius 2 is 1.95 bits per heavy atom. The molecule has 2 aromatic carbocycles. The zero-order valence-corrected chi connectivity index (χ0v) is 13.1. The van der Waals surface area contributed by atoms with Gasteiger partial charge in [-0.15, -0.1) is 0 Å². The van der Waals surface area contributed by atoms with Crippen LogP contribution in [-0.4, -0.2) is 5.97 Å². The molecule has 0 atom stereocenters. The number of carboxylic acids is 1. The van der Waals surface area contributed by atoms with Crippen molar-refractivity contribution in [3.63, 3.8) is 0 Å². The van der Waals surface area contributed by atoms with Gasteiger partial charge in [0.05, 0.1) is 5.97 Å². The van der Waals surface area contributed by atoms with Crippen LogP contribution in [0.5, 0.6) is 5.75 Å². The molecule has 0 unspecified atom stereocenters. The standard InChI is InChI=1S/C14H9BrCl2O3/c15-9-2-4-13(11(5-9)14(18)19)20-7-8-1-3-10(16)6-12(8)17/h1-6H,7H2,(H,18,19)/p-1. The summed E-state index contributed by atoms with van der Waals surface area (Å²) in [5.74, 6) is -1.08. The highest BCUT2D eigenvalue weighted by atomic mass is 79.9. The fourth-order valence-corrected chi connectivity index (χ4v) is 2.41. The van der Waals surface area contributed by atoms with Gasteiger partial charge in [-0.3, -0.25) is 0 Å². The zero-order valence-electron chi connectivity index (χ0n) is 10.0. The van der Waals surface area contributed by atoms with Gasteiger partial charge in [-0.2, -0.15) is 0 Å². The number of aromatic carboxylic acids is 1. The molecule has 20 heavy (non-hydrogen) atoms. The van der Waals surface area contributed by atoms with Crippen LogP contribution >= 0.6 is 39.1 Å². The fraction of sp³-hybridized carbons (Fsp3) is 0.0714. The lowest BCUT2D eigenvalue weighted by Crippen LogP contribution is -2.23. The maximum Gasteiger partial charge on any atom is 0.128 e. The molecule has 0 heterocycles. The van der Waals surface area contributed by atoms with E-state index in [1.165, 1.54) is 6.07 Å². The first-order valence-electron chi connectivity index (χ1n) is 5.55. The maximum absolute atomic E-state index is 11.0. The summed E-state index contributed by atoms with van der Waals surface area (Å²) >= 11 is 15.0. The topological polar surface area (TPSA) is 49.4 Å². The number of hydrogen-bond donors (Lipinski definition) is 0. The Morgan fingerprint density at radius 3 is 2.60 bits per heavy atom. The Morgan fingerprint density at radius 1 is 1.20 bits per heavy atom. The average Bonchev–Trinajstić information content (AvgIpc) is 2.38. The van der Waals surface area contributed by atoms with E-state index >= 15 is 0 Å². The van der Waals surface area contributed by atoms with Crippen molar-refractivity contribution < 1.29 is 14.6 Å². The molecular formula is C14H8BrCl2O3-. The smallest absolute Gasteiger partial charge is 0.128 e. The largest absolute Gasteiger partial charge is 0.545 e. The van der Waals surface area contributed by atoms with Crippen LogP contribution in [0, 0.1) is 0 Å². The van der Waals surface area contributed by atoms with Gasteiger partial charge in [0.15, 0.2) is 0 Å². The summed E-state index contributed by atoms with van der Waals surface area (Å²) < 4.78 is 6.12. The van der Waals surface area contributed by atoms with Gasteiger partial charge in [-0.05, 0) is 30.3 Å². The van der Waals surface area contributed by atoms with Crippen molar-refractivity contribution in [1.29, 1.82) is 0 Å². The second kappa shape index (κ2) is 6.48. The molecule has 6 heteroatoms. The van der Waals surface area contributed by atoms with Gasteiger partial charge in [0.1, 0.15) is 12.4 Å². The van der Waals surface area contributed by atoms with Gasteiger partial charge >= 0.3 is 0 Å². The molecule has 0 bridgehead atoms. The van der Waals surface area contributed by atoms with Crippen LogP contribution in [0.3, 0.4) is 0 Å². The number of rotatable bonds is 4. The Labute approximate surface area is 134 Å². The van der Waals surface area contributed by atoms with Crippen LogP contribution in [-0.2, 0) is 6.61 Å². The van der Waals surface area contributed by atoms with Crippen molar-refractivity contribution >= 4 is 45.1 Å². The fourth-order valence-electron chi connectivity index (χ4n) is 1.58. The first kappa shape index (κ1) is 15.2. The van der Waals surface area contributed by atoms with Crippen molar-refractivity contribution in [2.45, 2.75) is 6.61 Å². The van der Waals surface area contributed by atoms with Crippen molar-refractivity contribution in [3.8, 4) is 5.75 Å². The zero-order chi connectivity index (χ0) is 14.7. The van der Waals surface area contributed by atoms with E-state index in [1.807, 2.05) is 0 Å². The van der Waals surface area contributed by atoms with E-state index in [0.717, 1.165) is 0 Å². The molecule has 0 aliphatic carbocycles. The quantitative estimate of drug-likeness (QED) is 0.819. The van der Waals surface area contributed by atoms with E-state index in [0.29, 0.717) is 20.1 Å². The molecule has 3 nitrogen and oxygen atoms in total. The molecule has 0 aliphatic rings. The van der Waals surface area contributed by atoms with Gasteiger partial charge in [0.2, 0.25) is 0 Å². The molecule has 0 aliphatic heterocycles. The highest BCUT2D eigenvalue weighted by Gasteiger charge is 2.08. The molecule has 104 valence electrons. The summed E-state index contributed by atoms with van der Waals surface area (Å²) in [5.41, 5.74) is 0.688. The molecule has 2 rings (SSSR count). The van der Waals surface area contributed by atoms with Gasteiger partial charge in [-0.25, -0.2) is 0 Å². The number of hydrogen-bond acceptors (Lipinski definition) is 3. The number of benzene rings is 2. The Balaban J connectivity index is 2.20. The highest BCUT2D eigenvalue weighted by Crippen LogP contribution is 2.26. The van der Waals surface area contributed by atoms with Crippen molar-refractivity contribution in [3.05, 3.63) is 62.0 Å². The summed E-state index contributed by atoms with van der Waals surface area (Å²) in [6.07, 6.45) is 0. The second-order valence-corrected chi connectivity index (χ2v) is 5.71. The summed E-state index contributed by atoms with van der Waals surface area (Å²) in [7, 11) is 0. The molecule has 0 radical (unpaired) electrons. The van der Waals surface area contributed by atoms with E-state index in [9.17, 15) is 9.90 Å². The van der Waals surface area contributed by atoms with Crippen LogP contribution in [0.25, 0.3) is 0 Å². The SMILES string of the molecule is O=C([O-])c1cc(Br)ccc1OCc1ccc(Cl)cc1Cl. The third-order valence-corrected chi connectivity index (χ3v) is 3.64. The minimum atomic E-state index is -1.30. The van der Waals surface area contributed by atoms with Crippen molar-refractivity contribution in [2.75, 3.05) is 0 Å². The lowest BCUT2D eigenvalue weighted by molar-refractivity contribution is -0.255. The lowest BCUT2D eigenvalue weighted by atomic mass is 10.2.